The van der Waals surface area contributed by atoms with Crippen molar-refractivity contribution in [2.24, 2.45) is 5.73 Å². The molecule has 0 aliphatic heterocycles. The van der Waals surface area contributed by atoms with Crippen LogP contribution in [0.5, 0.6) is 0 Å². The van der Waals surface area contributed by atoms with Gasteiger partial charge in [0.1, 0.15) is 0 Å². The summed E-state index contributed by atoms with van der Waals surface area (Å²) >= 11 is 0. The maximum Gasteiger partial charge on any atom is 0.0576 e. The first-order valence-corrected chi connectivity index (χ1v) is 5.70. The second kappa shape index (κ2) is 8.51. The van der Waals surface area contributed by atoms with Crippen LogP contribution in [0.4, 0.5) is 0 Å². The summed E-state index contributed by atoms with van der Waals surface area (Å²) in [7, 11) is 0. The van der Waals surface area contributed by atoms with Gasteiger partial charge in [-0.05, 0) is 32.1 Å². The highest BCUT2D eigenvalue weighted by atomic mass is 35.5. The predicted molar refractivity (Wildman–Crippen MR) is 63.0 cm³/mol. The average molecular weight is 222 g/mol. The first-order valence-electron chi connectivity index (χ1n) is 5.70. The molecular formula is C11H24ClNO. The minimum absolute atomic E-state index is 0. The zero-order chi connectivity index (χ0) is 9.52. The number of hydrogen-bond acceptors (Lipinski definition) is 2. The molecule has 0 amide bonds. The summed E-state index contributed by atoms with van der Waals surface area (Å²) in [5.74, 6) is 0. The SMILES string of the molecule is CCCCCO[C@H]1CC[C@H](N)CC1.Cl. The van der Waals surface area contributed by atoms with Crippen molar-refractivity contribution in [3.05, 3.63) is 0 Å². The summed E-state index contributed by atoms with van der Waals surface area (Å²) in [6, 6.07) is 0.440. The Balaban J connectivity index is 0.00000169. The molecule has 0 aromatic rings. The van der Waals surface area contributed by atoms with Crippen molar-refractivity contribution < 1.29 is 4.74 Å². The molecule has 1 fully saturated rings. The minimum Gasteiger partial charge on any atom is -0.378 e. The van der Waals surface area contributed by atoms with Crippen LogP contribution >= 0.6 is 12.4 Å². The zero-order valence-corrected chi connectivity index (χ0v) is 10.0. The molecular weight excluding hydrogens is 198 g/mol. The second-order valence-electron chi connectivity index (χ2n) is 4.11. The molecule has 3 heteroatoms. The summed E-state index contributed by atoms with van der Waals surface area (Å²) < 4.78 is 5.78. The fourth-order valence-electron chi connectivity index (χ4n) is 1.86. The second-order valence-corrected chi connectivity index (χ2v) is 4.11. The molecule has 0 radical (unpaired) electrons. The molecule has 0 unspecified atom stereocenters. The van der Waals surface area contributed by atoms with Crippen LogP contribution in [0.3, 0.4) is 0 Å². The molecule has 0 aromatic carbocycles. The third-order valence-electron chi connectivity index (χ3n) is 2.82. The van der Waals surface area contributed by atoms with Crippen LogP contribution in [0.25, 0.3) is 0 Å². The van der Waals surface area contributed by atoms with Gasteiger partial charge in [-0.1, -0.05) is 19.8 Å². The Bertz CT molecular complexity index is 124. The number of halogens is 1. The Morgan fingerprint density at radius 2 is 1.79 bits per heavy atom. The Hall–Kier alpha value is 0.210. The lowest BCUT2D eigenvalue weighted by Crippen LogP contribution is -2.30. The van der Waals surface area contributed by atoms with Crippen LogP contribution in [0.2, 0.25) is 0 Å². The molecule has 0 bridgehead atoms. The van der Waals surface area contributed by atoms with Crippen LogP contribution in [-0.2, 0) is 4.74 Å². The number of nitrogens with two attached hydrogens (primary N) is 1. The molecule has 0 spiro atoms. The van der Waals surface area contributed by atoms with Crippen LogP contribution in [0.15, 0.2) is 0 Å². The summed E-state index contributed by atoms with van der Waals surface area (Å²) in [5, 5.41) is 0. The van der Waals surface area contributed by atoms with E-state index in [1.54, 1.807) is 0 Å². The van der Waals surface area contributed by atoms with Gasteiger partial charge in [0.15, 0.2) is 0 Å². The molecule has 0 saturated heterocycles. The van der Waals surface area contributed by atoms with E-state index < -0.39 is 0 Å². The molecule has 2 nitrogen and oxygen atoms in total. The van der Waals surface area contributed by atoms with Crippen LogP contribution in [0.1, 0.15) is 51.9 Å². The first-order chi connectivity index (χ1) is 6.33. The highest BCUT2D eigenvalue weighted by Crippen LogP contribution is 2.19. The molecule has 1 aliphatic carbocycles. The Kier molecular flexibility index (Phi) is 8.64. The first kappa shape index (κ1) is 14.2. The van der Waals surface area contributed by atoms with Gasteiger partial charge < -0.3 is 10.5 Å². The topological polar surface area (TPSA) is 35.2 Å². The maximum absolute atomic E-state index is 5.82. The van der Waals surface area contributed by atoms with Gasteiger partial charge >= 0.3 is 0 Å². The van der Waals surface area contributed by atoms with Gasteiger partial charge in [-0.3, -0.25) is 0 Å². The molecule has 2 N–H and O–H groups in total. The van der Waals surface area contributed by atoms with E-state index in [2.05, 4.69) is 6.92 Å². The molecule has 14 heavy (non-hydrogen) atoms. The molecule has 86 valence electrons. The van der Waals surface area contributed by atoms with E-state index in [1.165, 1.54) is 32.1 Å². The molecule has 0 aromatic heterocycles. The highest BCUT2D eigenvalue weighted by molar-refractivity contribution is 5.85. The van der Waals surface area contributed by atoms with E-state index >= 15 is 0 Å². The van der Waals surface area contributed by atoms with E-state index in [0.29, 0.717) is 12.1 Å². The van der Waals surface area contributed by atoms with E-state index in [-0.39, 0.29) is 12.4 Å². The average Bonchev–Trinajstić information content (AvgIpc) is 2.15. The molecule has 0 heterocycles. The van der Waals surface area contributed by atoms with Gasteiger partial charge in [0.2, 0.25) is 0 Å². The van der Waals surface area contributed by atoms with Crippen molar-refractivity contribution in [3.63, 3.8) is 0 Å². The van der Waals surface area contributed by atoms with Gasteiger partial charge in [0, 0.05) is 12.6 Å². The maximum atomic E-state index is 5.82. The monoisotopic (exact) mass is 221 g/mol. The van der Waals surface area contributed by atoms with Gasteiger partial charge in [0.05, 0.1) is 6.10 Å². The summed E-state index contributed by atoms with van der Waals surface area (Å²) in [4.78, 5) is 0. The molecule has 1 saturated carbocycles. The summed E-state index contributed by atoms with van der Waals surface area (Å²) in [5.41, 5.74) is 5.82. The lowest BCUT2D eigenvalue weighted by molar-refractivity contribution is 0.0232. The lowest BCUT2D eigenvalue weighted by Gasteiger charge is -2.26. The van der Waals surface area contributed by atoms with Crippen LogP contribution in [-0.4, -0.2) is 18.8 Å². The summed E-state index contributed by atoms with van der Waals surface area (Å²) in [6.45, 7) is 3.17. The van der Waals surface area contributed by atoms with Crippen molar-refractivity contribution in [1.82, 2.24) is 0 Å². The van der Waals surface area contributed by atoms with Crippen molar-refractivity contribution in [2.45, 2.75) is 64.0 Å². The van der Waals surface area contributed by atoms with Crippen LogP contribution < -0.4 is 5.73 Å². The smallest absolute Gasteiger partial charge is 0.0576 e. The van der Waals surface area contributed by atoms with E-state index in [0.717, 1.165) is 19.4 Å². The largest absolute Gasteiger partial charge is 0.378 e. The number of rotatable bonds is 5. The zero-order valence-electron chi connectivity index (χ0n) is 9.21. The van der Waals surface area contributed by atoms with E-state index in [4.69, 9.17) is 10.5 Å². The summed E-state index contributed by atoms with van der Waals surface area (Å²) in [6.07, 6.45) is 8.96. The van der Waals surface area contributed by atoms with Crippen molar-refractivity contribution in [3.8, 4) is 0 Å². The van der Waals surface area contributed by atoms with E-state index in [9.17, 15) is 0 Å². The standard InChI is InChI=1S/C11H23NO.ClH/c1-2-3-4-9-13-11-7-5-10(12)6-8-11;/h10-11H,2-9,12H2,1H3;1H/t10-,11-;. The highest BCUT2D eigenvalue weighted by Gasteiger charge is 2.18. The van der Waals surface area contributed by atoms with Crippen molar-refractivity contribution in [1.29, 1.82) is 0 Å². The van der Waals surface area contributed by atoms with Crippen molar-refractivity contribution >= 4 is 12.4 Å². The quantitative estimate of drug-likeness (QED) is 0.725. The number of hydrogen-bond donors (Lipinski definition) is 1. The van der Waals surface area contributed by atoms with E-state index in [1.807, 2.05) is 0 Å². The number of unbranched alkanes of at least 4 members (excludes halogenated alkanes) is 2. The fraction of sp³-hybridized carbons (Fsp3) is 1.00. The van der Waals surface area contributed by atoms with Gasteiger partial charge in [0.25, 0.3) is 0 Å². The lowest BCUT2D eigenvalue weighted by atomic mass is 9.94. The van der Waals surface area contributed by atoms with Crippen molar-refractivity contribution in [2.75, 3.05) is 6.61 Å². The fourth-order valence-corrected chi connectivity index (χ4v) is 1.86. The predicted octanol–water partition coefficient (Wildman–Crippen LogP) is 2.88. The molecule has 0 atom stereocenters. The number of ether oxygens (including phenoxy) is 1. The van der Waals surface area contributed by atoms with Gasteiger partial charge in [-0.15, -0.1) is 12.4 Å². The normalized spacial score (nSPS) is 27.0. The van der Waals surface area contributed by atoms with Gasteiger partial charge in [-0.2, -0.15) is 0 Å². The Labute approximate surface area is 94.0 Å². The van der Waals surface area contributed by atoms with Crippen LogP contribution in [0, 0.1) is 0 Å². The van der Waals surface area contributed by atoms with Gasteiger partial charge in [-0.25, -0.2) is 0 Å². The Morgan fingerprint density at radius 1 is 1.14 bits per heavy atom. The molecule has 1 rings (SSSR count). The third kappa shape index (κ3) is 5.84. The third-order valence-corrected chi connectivity index (χ3v) is 2.82. The Morgan fingerprint density at radius 3 is 2.36 bits per heavy atom. The molecule has 1 aliphatic rings. The minimum atomic E-state index is 0.